The van der Waals surface area contributed by atoms with E-state index in [0.29, 0.717) is 17.5 Å². The van der Waals surface area contributed by atoms with Crippen LogP contribution in [0, 0.1) is 0 Å². The molecule has 3 aromatic rings. The monoisotopic (exact) mass is 469 g/mol. The fraction of sp³-hybridized carbons (Fsp3) is 0.406. The SMILES string of the molecule is CC(C)(C)OC(=O)c1ccc(N2CCC(c3ccccc3)C2Cc2ccc(C(C)(C)C)cc2)cc1. The Morgan fingerprint density at radius 1 is 0.857 bits per heavy atom. The van der Waals surface area contributed by atoms with Crippen molar-refractivity contribution < 1.29 is 9.53 Å². The van der Waals surface area contributed by atoms with Crippen molar-refractivity contribution in [1.29, 1.82) is 0 Å². The maximum atomic E-state index is 12.5. The molecule has 3 aromatic carbocycles. The maximum Gasteiger partial charge on any atom is 0.338 e. The summed E-state index contributed by atoms with van der Waals surface area (Å²) in [6.45, 7) is 13.5. The molecule has 1 aliphatic rings. The zero-order valence-corrected chi connectivity index (χ0v) is 22.0. The van der Waals surface area contributed by atoms with Crippen LogP contribution in [0.4, 0.5) is 5.69 Å². The fourth-order valence-electron chi connectivity index (χ4n) is 5.02. The van der Waals surface area contributed by atoms with Crippen molar-refractivity contribution in [3.8, 4) is 0 Å². The van der Waals surface area contributed by atoms with Crippen molar-refractivity contribution in [2.45, 2.75) is 77.4 Å². The minimum absolute atomic E-state index is 0.153. The van der Waals surface area contributed by atoms with Crippen molar-refractivity contribution in [3.05, 3.63) is 101 Å². The molecule has 2 atom stereocenters. The molecule has 35 heavy (non-hydrogen) atoms. The van der Waals surface area contributed by atoms with Crippen LogP contribution in [0.5, 0.6) is 0 Å². The van der Waals surface area contributed by atoms with E-state index in [1.54, 1.807) is 0 Å². The van der Waals surface area contributed by atoms with E-state index >= 15 is 0 Å². The third kappa shape index (κ3) is 6.14. The second kappa shape index (κ2) is 9.89. The summed E-state index contributed by atoms with van der Waals surface area (Å²) in [6, 6.07) is 28.3. The van der Waals surface area contributed by atoms with Gasteiger partial charge in [-0.25, -0.2) is 4.79 Å². The average Bonchev–Trinajstić information content (AvgIpc) is 3.22. The standard InChI is InChI=1S/C32H39NO2/c1-31(2,3)26-16-12-23(13-17-26)22-29-28(24-10-8-7-9-11-24)20-21-33(29)27-18-14-25(15-19-27)30(34)35-32(4,5)6/h7-19,28-29H,20-22H2,1-6H3. The van der Waals surface area contributed by atoms with E-state index in [1.807, 2.05) is 32.9 Å². The Morgan fingerprint density at radius 3 is 2.06 bits per heavy atom. The van der Waals surface area contributed by atoms with E-state index < -0.39 is 5.60 Å². The number of nitrogens with zero attached hydrogens (tertiary/aromatic N) is 1. The van der Waals surface area contributed by atoms with Gasteiger partial charge in [-0.3, -0.25) is 0 Å². The Hall–Kier alpha value is -3.07. The molecule has 0 radical (unpaired) electrons. The van der Waals surface area contributed by atoms with Crippen molar-refractivity contribution in [1.82, 2.24) is 0 Å². The van der Waals surface area contributed by atoms with Crippen LogP contribution in [0.15, 0.2) is 78.9 Å². The molecular formula is C32H39NO2. The normalized spacial score (nSPS) is 18.5. The summed E-state index contributed by atoms with van der Waals surface area (Å²) in [7, 11) is 0. The predicted octanol–water partition coefficient (Wildman–Crippen LogP) is 7.54. The molecule has 1 heterocycles. The molecule has 0 bridgehead atoms. The number of carbonyl (C=O) groups is 1. The maximum absolute atomic E-state index is 12.5. The Kier molecular flexibility index (Phi) is 7.07. The number of hydrogen-bond donors (Lipinski definition) is 0. The third-order valence-corrected chi connectivity index (χ3v) is 6.87. The van der Waals surface area contributed by atoms with E-state index in [2.05, 4.69) is 92.4 Å². The van der Waals surface area contributed by atoms with Crippen LogP contribution in [-0.4, -0.2) is 24.2 Å². The molecule has 0 saturated carbocycles. The highest BCUT2D eigenvalue weighted by atomic mass is 16.6. The molecule has 1 aliphatic heterocycles. The molecule has 184 valence electrons. The molecule has 0 N–H and O–H groups in total. The first-order valence-electron chi connectivity index (χ1n) is 12.8. The van der Waals surface area contributed by atoms with Crippen molar-refractivity contribution in [3.63, 3.8) is 0 Å². The van der Waals surface area contributed by atoms with Gasteiger partial charge in [0.15, 0.2) is 0 Å². The number of hydrogen-bond acceptors (Lipinski definition) is 3. The highest BCUT2D eigenvalue weighted by Crippen LogP contribution is 2.38. The van der Waals surface area contributed by atoms with Gasteiger partial charge in [0.1, 0.15) is 5.60 Å². The van der Waals surface area contributed by atoms with Crippen molar-refractivity contribution in [2.24, 2.45) is 0 Å². The van der Waals surface area contributed by atoms with Crippen LogP contribution in [0.3, 0.4) is 0 Å². The number of ether oxygens (including phenoxy) is 1. The smallest absolute Gasteiger partial charge is 0.338 e. The first-order valence-corrected chi connectivity index (χ1v) is 12.8. The van der Waals surface area contributed by atoms with Gasteiger partial charge in [-0.15, -0.1) is 0 Å². The van der Waals surface area contributed by atoms with Gasteiger partial charge in [-0.05, 0) is 80.0 Å². The molecule has 3 heteroatoms. The summed E-state index contributed by atoms with van der Waals surface area (Å²) in [5.41, 5.74) is 5.53. The third-order valence-electron chi connectivity index (χ3n) is 6.87. The topological polar surface area (TPSA) is 29.5 Å². The number of carbonyl (C=O) groups excluding carboxylic acids is 1. The van der Waals surface area contributed by atoms with Crippen molar-refractivity contribution >= 4 is 11.7 Å². The van der Waals surface area contributed by atoms with Crippen molar-refractivity contribution in [2.75, 3.05) is 11.4 Å². The summed E-state index contributed by atoms with van der Waals surface area (Å²) in [6.07, 6.45) is 2.10. The number of esters is 1. The fourth-order valence-corrected chi connectivity index (χ4v) is 5.02. The van der Waals surface area contributed by atoms with Crippen LogP contribution in [0.2, 0.25) is 0 Å². The van der Waals surface area contributed by atoms with Gasteiger partial charge in [-0.1, -0.05) is 75.4 Å². The summed E-state index contributed by atoms with van der Waals surface area (Å²) >= 11 is 0. The zero-order chi connectivity index (χ0) is 25.2. The second-order valence-electron chi connectivity index (χ2n) is 11.8. The Balaban J connectivity index is 1.60. The number of anilines is 1. The van der Waals surface area contributed by atoms with E-state index in [1.165, 1.54) is 16.7 Å². The molecule has 4 rings (SSSR count). The Labute approximate surface area is 211 Å². The molecule has 0 amide bonds. The lowest BCUT2D eigenvalue weighted by molar-refractivity contribution is 0.00695. The van der Waals surface area contributed by atoms with E-state index in [4.69, 9.17) is 4.74 Å². The van der Waals surface area contributed by atoms with Gasteiger partial charge in [0, 0.05) is 24.2 Å². The quantitative estimate of drug-likeness (QED) is 0.361. The Bertz CT molecular complexity index is 1120. The summed E-state index contributed by atoms with van der Waals surface area (Å²) in [4.78, 5) is 15.0. The molecule has 1 fully saturated rings. The molecule has 0 spiro atoms. The van der Waals surface area contributed by atoms with Gasteiger partial charge >= 0.3 is 5.97 Å². The van der Waals surface area contributed by atoms with Crippen LogP contribution >= 0.6 is 0 Å². The molecule has 1 saturated heterocycles. The van der Waals surface area contributed by atoms with Gasteiger partial charge in [0.2, 0.25) is 0 Å². The van der Waals surface area contributed by atoms with Crippen LogP contribution in [-0.2, 0) is 16.6 Å². The predicted molar refractivity (Wildman–Crippen MR) is 145 cm³/mol. The summed E-state index contributed by atoms with van der Waals surface area (Å²) < 4.78 is 5.55. The second-order valence-corrected chi connectivity index (χ2v) is 11.8. The minimum atomic E-state index is -0.499. The highest BCUT2D eigenvalue weighted by Gasteiger charge is 2.35. The van der Waals surface area contributed by atoms with Gasteiger partial charge in [0.25, 0.3) is 0 Å². The Morgan fingerprint density at radius 2 is 1.49 bits per heavy atom. The van der Waals surface area contributed by atoms with Gasteiger partial charge in [-0.2, -0.15) is 0 Å². The van der Waals surface area contributed by atoms with Crippen LogP contribution in [0.25, 0.3) is 0 Å². The first kappa shape index (κ1) is 25.0. The van der Waals surface area contributed by atoms with E-state index in [-0.39, 0.29) is 11.4 Å². The highest BCUT2D eigenvalue weighted by molar-refractivity contribution is 5.90. The van der Waals surface area contributed by atoms with Crippen LogP contribution < -0.4 is 4.90 Å². The molecule has 0 aliphatic carbocycles. The van der Waals surface area contributed by atoms with Crippen LogP contribution in [0.1, 0.15) is 80.9 Å². The summed E-state index contributed by atoms with van der Waals surface area (Å²) in [5, 5.41) is 0. The molecule has 0 aromatic heterocycles. The number of rotatable bonds is 5. The minimum Gasteiger partial charge on any atom is -0.456 e. The van der Waals surface area contributed by atoms with Gasteiger partial charge in [0.05, 0.1) is 5.56 Å². The lowest BCUT2D eigenvalue weighted by Gasteiger charge is -2.31. The van der Waals surface area contributed by atoms with E-state index in [9.17, 15) is 4.79 Å². The lowest BCUT2D eigenvalue weighted by Crippen LogP contribution is -2.34. The molecule has 2 unspecified atom stereocenters. The summed E-state index contributed by atoms with van der Waals surface area (Å²) in [5.74, 6) is 0.187. The first-order chi connectivity index (χ1) is 16.5. The molecular weight excluding hydrogens is 430 g/mol. The average molecular weight is 470 g/mol. The van der Waals surface area contributed by atoms with E-state index in [0.717, 1.165) is 25.1 Å². The molecule has 3 nitrogen and oxygen atoms in total. The number of benzene rings is 3. The van der Waals surface area contributed by atoms with Gasteiger partial charge < -0.3 is 9.64 Å². The largest absolute Gasteiger partial charge is 0.456 e. The zero-order valence-electron chi connectivity index (χ0n) is 22.0. The lowest BCUT2D eigenvalue weighted by atomic mass is 9.85.